The Morgan fingerprint density at radius 1 is 1.30 bits per heavy atom. The van der Waals surface area contributed by atoms with Crippen molar-refractivity contribution in [3.63, 3.8) is 0 Å². The first-order valence-electron chi connectivity index (χ1n) is 8.33. The number of carboxylic acid groups (broad SMARTS) is 1. The molecule has 2 fully saturated rings. The minimum Gasteiger partial charge on any atom is -0.482 e. The summed E-state index contributed by atoms with van der Waals surface area (Å²) in [5, 5.41) is 8.69. The summed E-state index contributed by atoms with van der Waals surface area (Å²) in [6.07, 6.45) is 5.87. The predicted octanol–water partition coefficient (Wildman–Crippen LogP) is 2.94. The van der Waals surface area contributed by atoms with Crippen LogP contribution in [0, 0.1) is 5.92 Å². The molecule has 1 aliphatic heterocycles. The van der Waals surface area contributed by atoms with Crippen molar-refractivity contribution in [2.24, 2.45) is 5.92 Å². The van der Waals surface area contributed by atoms with Crippen molar-refractivity contribution in [1.82, 2.24) is 4.90 Å². The van der Waals surface area contributed by atoms with Gasteiger partial charge in [0.1, 0.15) is 5.75 Å². The zero-order valence-corrected chi connectivity index (χ0v) is 13.4. The van der Waals surface area contributed by atoms with Gasteiger partial charge in [0.05, 0.1) is 0 Å². The number of fused-ring (bicyclic) bond motifs is 1. The predicted molar refractivity (Wildman–Crippen MR) is 85.6 cm³/mol. The van der Waals surface area contributed by atoms with Crippen LogP contribution in [0.25, 0.3) is 0 Å². The van der Waals surface area contributed by atoms with Gasteiger partial charge in [-0.3, -0.25) is 4.79 Å². The average Bonchev–Trinajstić information content (AvgIpc) is 2.88. The lowest BCUT2D eigenvalue weighted by molar-refractivity contribution is -0.139. The maximum atomic E-state index is 13.0. The zero-order chi connectivity index (χ0) is 16.4. The molecule has 1 heterocycles. The molecule has 1 saturated heterocycles. The Kier molecular flexibility index (Phi) is 4.55. The number of benzene rings is 1. The second-order valence-electron chi connectivity index (χ2n) is 6.62. The third kappa shape index (κ3) is 3.33. The number of rotatable bonds is 4. The molecule has 0 bridgehead atoms. The van der Waals surface area contributed by atoms with E-state index >= 15 is 0 Å². The van der Waals surface area contributed by atoms with Crippen LogP contribution in [-0.4, -0.2) is 40.6 Å². The summed E-state index contributed by atoms with van der Waals surface area (Å²) in [5.41, 5.74) is 0.575. The summed E-state index contributed by atoms with van der Waals surface area (Å²) in [4.78, 5) is 25.6. The summed E-state index contributed by atoms with van der Waals surface area (Å²) in [6, 6.07) is 7.46. The fraction of sp³-hybridized carbons (Fsp3) is 0.556. The van der Waals surface area contributed by atoms with Gasteiger partial charge in [-0.1, -0.05) is 18.9 Å². The number of hydrogen-bond donors (Lipinski definition) is 1. The molecule has 3 unspecified atom stereocenters. The third-order valence-corrected chi connectivity index (χ3v) is 5.02. The Bertz CT molecular complexity index is 600. The molecular weight excluding hydrogens is 294 g/mol. The van der Waals surface area contributed by atoms with E-state index in [2.05, 4.69) is 6.92 Å². The van der Waals surface area contributed by atoms with Gasteiger partial charge >= 0.3 is 5.97 Å². The molecule has 5 heteroatoms. The fourth-order valence-electron chi connectivity index (χ4n) is 4.07. The first kappa shape index (κ1) is 15.8. The van der Waals surface area contributed by atoms with Crippen molar-refractivity contribution in [1.29, 1.82) is 0 Å². The summed E-state index contributed by atoms with van der Waals surface area (Å²) in [5.74, 6) is 0.0621. The van der Waals surface area contributed by atoms with E-state index in [9.17, 15) is 9.59 Å². The smallest absolute Gasteiger partial charge is 0.341 e. The van der Waals surface area contributed by atoms with E-state index in [0.29, 0.717) is 23.3 Å². The van der Waals surface area contributed by atoms with Gasteiger partial charge in [0.15, 0.2) is 6.61 Å². The lowest BCUT2D eigenvalue weighted by Crippen LogP contribution is -2.42. The molecule has 124 valence electrons. The van der Waals surface area contributed by atoms with Gasteiger partial charge in [0.2, 0.25) is 0 Å². The molecule has 0 aromatic heterocycles. The fourth-order valence-corrected chi connectivity index (χ4v) is 4.07. The molecule has 3 rings (SSSR count). The SMILES string of the molecule is CC1CC2CCCCC2N1C(=O)c1cccc(OCC(=O)O)c1. The highest BCUT2D eigenvalue weighted by Crippen LogP contribution is 2.40. The number of carbonyl (C=O) groups is 2. The van der Waals surface area contributed by atoms with Crippen molar-refractivity contribution in [2.75, 3.05) is 6.61 Å². The minimum atomic E-state index is -1.03. The lowest BCUT2D eigenvalue weighted by Gasteiger charge is -2.33. The standard InChI is InChI=1S/C18H23NO4/c1-12-9-13-5-2-3-8-16(13)19(12)18(22)14-6-4-7-15(10-14)23-11-17(20)21/h4,6-7,10,12-13,16H,2-3,5,8-9,11H2,1H3,(H,20,21). The van der Waals surface area contributed by atoms with Gasteiger partial charge in [0, 0.05) is 17.6 Å². The zero-order valence-electron chi connectivity index (χ0n) is 13.4. The van der Waals surface area contributed by atoms with Crippen LogP contribution in [0.3, 0.4) is 0 Å². The van der Waals surface area contributed by atoms with Crippen molar-refractivity contribution in [2.45, 2.75) is 51.1 Å². The number of ether oxygens (including phenoxy) is 1. The Balaban J connectivity index is 1.77. The van der Waals surface area contributed by atoms with E-state index in [1.54, 1.807) is 24.3 Å². The van der Waals surface area contributed by atoms with Crippen LogP contribution in [0.15, 0.2) is 24.3 Å². The maximum absolute atomic E-state index is 13.0. The van der Waals surface area contributed by atoms with Crippen molar-refractivity contribution < 1.29 is 19.4 Å². The van der Waals surface area contributed by atoms with Crippen LogP contribution >= 0.6 is 0 Å². The van der Waals surface area contributed by atoms with Gasteiger partial charge in [-0.15, -0.1) is 0 Å². The van der Waals surface area contributed by atoms with Gasteiger partial charge in [-0.05, 0) is 50.3 Å². The van der Waals surface area contributed by atoms with E-state index in [0.717, 1.165) is 12.8 Å². The lowest BCUT2D eigenvalue weighted by atomic mass is 9.85. The Morgan fingerprint density at radius 2 is 2.09 bits per heavy atom. The summed E-state index contributed by atoms with van der Waals surface area (Å²) in [7, 11) is 0. The van der Waals surface area contributed by atoms with E-state index < -0.39 is 12.6 Å². The Morgan fingerprint density at radius 3 is 2.87 bits per heavy atom. The van der Waals surface area contributed by atoms with Gasteiger partial charge in [-0.2, -0.15) is 0 Å². The Hall–Kier alpha value is -2.04. The highest BCUT2D eigenvalue weighted by Gasteiger charge is 2.42. The maximum Gasteiger partial charge on any atom is 0.341 e. The first-order chi connectivity index (χ1) is 11.1. The van der Waals surface area contributed by atoms with E-state index in [1.165, 1.54) is 19.3 Å². The minimum absolute atomic E-state index is 0.0349. The van der Waals surface area contributed by atoms with Gasteiger partial charge in [-0.25, -0.2) is 4.79 Å². The quantitative estimate of drug-likeness (QED) is 0.927. The van der Waals surface area contributed by atoms with E-state index in [1.807, 2.05) is 4.90 Å². The molecule has 1 aromatic carbocycles. The molecule has 5 nitrogen and oxygen atoms in total. The number of carboxylic acids is 1. The average molecular weight is 317 g/mol. The summed E-state index contributed by atoms with van der Waals surface area (Å²) in [6.45, 7) is 1.73. The number of nitrogens with zero attached hydrogens (tertiary/aromatic N) is 1. The number of carbonyl (C=O) groups excluding carboxylic acids is 1. The van der Waals surface area contributed by atoms with Crippen LogP contribution in [-0.2, 0) is 4.79 Å². The molecule has 1 saturated carbocycles. The normalized spacial score (nSPS) is 26.7. The van der Waals surface area contributed by atoms with Crippen LogP contribution < -0.4 is 4.74 Å². The number of likely N-dealkylation sites (tertiary alicyclic amines) is 1. The molecule has 23 heavy (non-hydrogen) atoms. The number of amides is 1. The van der Waals surface area contributed by atoms with E-state index in [-0.39, 0.29) is 11.9 Å². The third-order valence-electron chi connectivity index (χ3n) is 5.02. The largest absolute Gasteiger partial charge is 0.482 e. The van der Waals surface area contributed by atoms with E-state index in [4.69, 9.17) is 9.84 Å². The molecular formula is C18H23NO4. The van der Waals surface area contributed by atoms with Crippen LogP contribution in [0.4, 0.5) is 0 Å². The molecule has 1 aromatic rings. The number of aliphatic carboxylic acids is 1. The molecule has 0 radical (unpaired) electrons. The summed E-state index contributed by atoms with van der Waals surface area (Å²) >= 11 is 0. The van der Waals surface area contributed by atoms with Crippen molar-refractivity contribution >= 4 is 11.9 Å². The highest BCUT2D eigenvalue weighted by atomic mass is 16.5. The van der Waals surface area contributed by atoms with Gasteiger partial charge < -0.3 is 14.7 Å². The first-order valence-corrected chi connectivity index (χ1v) is 8.33. The topological polar surface area (TPSA) is 66.8 Å². The monoisotopic (exact) mass is 317 g/mol. The molecule has 0 spiro atoms. The molecule has 1 amide bonds. The van der Waals surface area contributed by atoms with Crippen molar-refractivity contribution in [3.05, 3.63) is 29.8 Å². The van der Waals surface area contributed by atoms with Gasteiger partial charge in [0.25, 0.3) is 5.91 Å². The highest BCUT2D eigenvalue weighted by molar-refractivity contribution is 5.95. The second kappa shape index (κ2) is 6.60. The molecule has 2 aliphatic rings. The van der Waals surface area contributed by atoms with Crippen LogP contribution in [0.5, 0.6) is 5.75 Å². The number of hydrogen-bond acceptors (Lipinski definition) is 3. The molecule has 1 aliphatic carbocycles. The van der Waals surface area contributed by atoms with Crippen LogP contribution in [0.2, 0.25) is 0 Å². The molecule has 3 atom stereocenters. The second-order valence-corrected chi connectivity index (χ2v) is 6.62. The van der Waals surface area contributed by atoms with Crippen LogP contribution in [0.1, 0.15) is 49.4 Å². The molecule has 1 N–H and O–H groups in total. The summed E-state index contributed by atoms with van der Waals surface area (Å²) < 4.78 is 5.18. The van der Waals surface area contributed by atoms with Crippen molar-refractivity contribution in [3.8, 4) is 5.75 Å². The Labute approximate surface area is 136 Å².